The fourth-order valence-electron chi connectivity index (χ4n) is 2.18. The molecule has 2 aromatic rings. The molecule has 0 aliphatic heterocycles. The Labute approximate surface area is 135 Å². The second-order valence-corrected chi connectivity index (χ2v) is 5.47. The number of hydrogen-bond donors (Lipinski definition) is 2. The number of primary amides is 1. The van der Waals surface area contributed by atoms with E-state index in [0.29, 0.717) is 22.9 Å². The Bertz CT molecular complexity index is 711. The van der Waals surface area contributed by atoms with Gasteiger partial charge in [-0.25, -0.2) is 0 Å². The summed E-state index contributed by atoms with van der Waals surface area (Å²) < 4.78 is 5.61. The van der Waals surface area contributed by atoms with Crippen molar-refractivity contribution in [2.24, 2.45) is 5.73 Å². The van der Waals surface area contributed by atoms with Crippen LogP contribution in [0.1, 0.15) is 35.7 Å². The lowest BCUT2D eigenvalue weighted by Gasteiger charge is -2.13. The molecule has 0 spiro atoms. The normalized spacial score (nSPS) is 10.4. The summed E-state index contributed by atoms with van der Waals surface area (Å²) in [5.74, 6) is 0.165. The van der Waals surface area contributed by atoms with Gasteiger partial charge < -0.3 is 15.8 Å². The van der Waals surface area contributed by atoms with Gasteiger partial charge in [0.05, 0.1) is 0 Å². The van der Waals surface area contributed by atoms with Crippen LogP contribution >= 0.6 is 0 Å². The predicted octanol–water partition coefficient (Wildman–Crippen LogP) is 2.93. The van der Waals surface area contributed by atoms with E-state index in [4.69, 9.17) is 10.5 Å². The van der Waals surface area contributed by atoms with Crippen LogP contribution in [-0.2, 0) is 4.79 Å². The Balaban J connectivity index is 1.98. The fraction of sp³-hybridized carbons (Fsp3) is 0.222. The maximum Gasteiger partial charge on any atom is 0.262 e. The molecular formula is C18H20N2O3. The lowest BCUT2D eigenvalue weighted by Crippen LogP contribution is -2.21. The number of nitrogens with two attached hydrogens (primary N) is 1. The number of nitrogens with one attached hydrogen (secondary N) is 1. The molecule has 23 heavy (non-hydrogen) atoms. The van der Waals surface area contributed by atoms with Gasteiger partial charge >= 0.3 is 0 Å². The van der Waals surface area contributed by atoms with Gasteiger partial charge in [0.1, 0.15) is 5.75 Å². The first-order valence-electron chi connectivity index (χ1n) is 7.39. The maximum absolute atomic E-state index is 12.0. The molecule has 0 saturated carbocycles. The molecule has 0 heterocycles. The van der Waals surface area contributed by atoms with Crippen molar-refractivity contribution >= 4 is 17.5 Å². The number of amides is 2. The van der Waals surface area contributed by atoms with Gasteiger partial charge in [0.15, 0.2) is 6.61 Å². The number of para-hydroxylation sites is 1. The molecule has 0 aliphatic carbocycles. The van der Waals surface area contributed by atoms with Gasteiger partial charge in [0.25, 0.3) is 5.91 Å². The molecule has 2 aromatic carbocycles. The molecule has 0 bridgehead atoms. The number of benzene rings is 2. The zero-order chi connectivity index (χ0) is 16.8. The van der Waals surface area contributed by atoms with E-state index in [-0.39, 0.29) is 12.5 Å². The van der Waals surface area contributed by atoms with E-state index in [2.05, 4.69) is 19.2 Å². The van der Waals surface area contributed by atoms with Crippen molar-refractivity contribution in [2.45, 2.75) is 19.8 Å². The number of anilines is 1. The molecule has 120 valence electrons. The van der Waals surface area contributed by atoms with E-state index in [1.165, 1.54) is 6.07 Å². The second-order valence-electron chi connectivity index (χ2n) is 5.47. The van der Waals surface area contributed by atoms with Crippen LogP contribution in [0.5, 0.6) is 5.75 Å². The van der Waals surface area contributed by atoms with Gasteiger partial charge in [-0.05, 0) is 35.7 Å². The van der Waals surface area contributed by atoms with Crippen molar-refractivity contribution in [1.29, 1.82) is 0 Å². The lowest BCUT2D eigenvalue weighted by atomic mass is 10.0. The largest absolute Gasteiger partial charge is 0.483 e. The van der Waals surface area contributed by atoms with Crippen LogP contribution in [0.3, 0.4) is 0 Å². The van der Waals surface area contributed by atoms with Gasteiger partial charge in [0, 0.05) is 11.3 Å². The standard InChI is InChI=1S/C18H20N2O3/c1-12(2)15-8-3-4-9-16(15)23-11-17(21)20-14-7-5-6-13(10-14)18(19)22/h3-10,12H,11H2,1-2H3,(H2,19,22)(H,20,21). The molecule has 0 unspecified atom stereocenters. The Kier molecular flexibility index (Phi) is 5.36. The maximum atomic E-state index is 12.0. The third-order valence-corrected chi connectivity index (χ3v) is 3.33. The van der Waals surface area contributed by atoms with Gasteiger partial charge in [0.2, 0.25) is 5.91 Å². The molecule has 2 rings (SSSR count). The zero-order valence-electron chi connectivity index (χ0n) is 13.2. The van der Waals surface area contributed by atoms with Crippen LogP contribution in [0.4, 0.5) is 5.69 Å². The molecule has 0 saturated heterocycles. The molecule has 2 amide bonds. The Morgan fingerprint density at radius 3 is 2.57 bits per heavy atom. The van der Waals surface area contributed by atoms with E-state index >= 15 is 0 Å². The Hall–Kier alpha value is -2.82. The van der Waals surface area contributed by atoms with E-state index < -0.39 is 5.91 Å². The molecule has 0 atom stereocenters. The lowest BCUT2D eigenvalue weighted by molar-refractivity contribution is -0.118. The average Bonchev–Trinajstić information content (AvgIpc) is 2.53. The minimum Gasteiger partial charge on any atom is -0.483 e. The van der Waals surface area contributed by atoms with E-state index in [1.54, 1.807) is 18.2 Å². The summed E-state index contributed by atoms with van der Waals surface area (Å²) in [6.45, 7) is 4.03. The average molecular weight is 312 g/mol. The Morgan fingerprint density at radius 1 is 1.13 bits per heavy atom. The highest BCUT2D eigenvalue weighted by molar-refractivity contribution is 5.96. The first-order valence-corrected chi connectivity index (χ1v) is 7.39. The van der Waals surface area contributed by atoms with Crippen LogP contribution in [0.25, 0.3) is 0 Å². The number of rotatable bonds is 6. The minimum absolute atomic E-state index is 0.107. The van der Waals surface area contributed by atoms with Gasteiger partial charge in [-0.2, -0.15) is 0 Å². The highest BCUT2D eigenvalue weighted by Crippen LogP contribution is 2.25. The fourth-order valence-corrected chi connectivity index (χ4v) is 2.18. The van der Waals surface area contributed by atoms with Crippen LogP contribution in [0.15, 0.2) is 48.5 Å². The van der Waals surface area contributed by atoms with Crippen molar-refractivity contribution in [2.75, 3.05) is 11.9 Å². The quantitative estimate of drug-likeness (QED) is 0.860. The third kappa shape index (κ3) is 4.57. The number of carbonyl (C=O) groups is 2. The number of ether oxygens (including phenoxy) is 1. The SMILES string of the molecule is CC(C)c1ccccc1OCC(=O)Nc1cccc(C(N)=O)c1. The molecule has 5 heteroatoms. The summed E-state index contributed by atoms with van der Waals surface area (Å²) in [5.41, 5.74) is 7.12. The summed E-state index contributed by atoms with van der Waals surface area (Å²) in [4.78, 5) is 23.1. The molecular weight excluding hydrogens is 292 g/mol. The van der Waals surface area contributed by atoms with Crippen molar-refractivity contribution in [1.82, 2.24) is 0 Å². The van der Waals surface area contributed by atoms with E-state index in [9.17, 15) is 9.59 Å². The third-order valence-electron chi connectivity index (χ3n) is 3.33. The minimum atomic E-state index is -0.539. The van der Waals surface area contributed by atoms with Crippen LogP contribution < -0.4 is 15.8 Å². The highest BCUT2D eigenvalue weighted by atomic mass is 16.5. The van der Waals surface area contributed by atoms with Crippen molar-refractivity contribution < 1.29 is 14.3 Å². The number of carbonyl (C=O) groups excluding carboxylic acids is 2. The molecule has 0 fully saturated rings. The van der Waals surface area contributed by atoms with Crippen molar-refractivity contribution in [3.8, 4) is 5.75 Å². The van der Waals surface area contributed by atoms with Gasteiger partial charge in [-0.15, -0.1) is 0 Å². The summed E-state index contributed by atoms with van der Waals surface area (Å²) in [6, 6.07) is 14.1. The summed E-state index contributed by atoms with van der Waals surface area (Å²) in [7, 11) is 0. The van der Waals surface area contributed by atoms with Crippen LogP contribution in [-0.4, -0.2) is 18.4 Å². The summed E-state index contributed by atoms with van der Waals surface area (Å²) >= 11 is 0. The van der Waals surface area contributed by atoms with Gasteiger partial charge in [-0.3, -0.25) is 9.59 Å². The van der Waals surface area contributed by atoms with Crippen LogP contribution in [0.2, 0.25) is 0 Å². The summed E-state index contributed by atoms with van der Waals surface area (Å²) in [6.07, 6.45) is 0. The van der Waals surface area contributed by atoms with E-state index in [1.807, 2.05) is 24.3 Å². The topological polar surface area (TPSA) is 81.4 Å². The summed E-state index contributed by atoms with van der Waals surface area (Å²) in [5, 5.41) is 2.68. The van der Waals surface area contributed by atoms with E-state index in [0.717, 1.165) is 5.56 Å². The molecule has 0 aromatic heterocycles. The molecule has 0 radical (unpaired) electrons. The molecule has 5 nitrogen and oxygen atoms in total. The van der Waals surface area contributed by atoms with Crippen LogP contribution in [0, 0.1) is 0 Å². The highest BCUT2D eigenvalue weighted by Gasteiger charge is 2.10. The Morgan fingerprint density at radius 2 is 1.87 bits per heavy atom. The van der Waals surface area contributed by atoms with Gasteiger partial charge in [-0.1, -0.05) is 38.1 Å². The molecule has 0 aliphatic rings. The first-order chi connectivity index (χ1) is 11.0. The number of hydrogen-bond acceptors (Lipinski definition) is 3. The van der Waals surface area contributed by atoms with Crippen molar-refractivity contribution in [3.05, 3.63) is 59.7 Å². The smallest absolute Gasteiger partial charge is 0.262 e. The first kappa shape index (κ1) is 16.5. The van der Waals surface area contributed by atoms with Crippen molar-refractivity contribution in [3.63, 3.8) is 0 Å². The zero-order valence-corrected chi connectivity index (χ0v) is 13.2. The monoisotopic (exact) mass is 312 g/mol. The molecule has 3 N–H and O–H groups in total. The second kappa shape index (κ2) is 7.45. The predicted molar refractivity (Wildman–Crippen MR) is 89.6 cm³/mol.